The van der Waals surface area contributed by atoms with Crippen molar-refractivity contribution in [2.75, 3.05) is 12.4 Å². The Kier molecular flexibility index (Phi) is 6.20. The van der Waals surface area contributed by atoms with E-state index >= 15 is 0 Å². The van der Waals surface area contributed by atoms with Crippen molar-refractivity contribution in [3.05, 3.63) is 29.8 Å². The van der Waals surface area contributed by atoms with E-state index in [0.717, 1.165) is 10.5 Å². The Labute approximate surface area is 120 Å². The Morgan fingerprint density at radius 1 is 1.26 bits per heavy atom. The van der Waals surface area contributed by atoms with E-state index in [9.17, 15) is 4.79 Å². The van der Waals surface area contributed by atoms with Crippen molar-refractivity contribution < 1.29 is 9.53 Å². The normalized spacial score (nSPS) is 10.5. The monoisotopic (exact) mass is 292 g/mol. The molecule has 1 aromatic rings. The average molecular weight is 292 g/mol. The Bertz CT molecular complexity index is 478. The quantitative estimate of drug-likeness (QED) is 0.367. The zero-order valence-corrected chi connectivity index (χ0v) is 13.8. The molecular weight excluding hydrogens is 272 g/mol. The van der Waals surface area contributed by atoms with E-state index in [1.807, 2.05) is 31.2 Å². The van der Waals surface area contributed by atoms with E-state index in [1.165, 1.54) is 11.8 Å². The summed E-state index contributed by atoms with van der Waals surface area (Å²) in [6.07, 6.45) is 0. The Hall–Kier alpha value is -1.18. The van der Waals surface area contributed by atoms with Crippen molar-refractivity contribution in [1.82, 2.24) is 0 Å². The SMILES string of the molecule is CCOC(=O)CSc1ccc(C#C[Si](C)(C)C)cc1. The van der Waals surface area contributed by atoms with Gasteiger partial charge in [-0.05, 0) is 31.2 Å². The van der Waals surface area contributed by atoms with Crippen LogP contribution in [-0.2, 0) is 9.53 Å². The Balaban J connectivity index is 2.56. The number of esters is 1. The molecule has 2 nitrogen and oxygen atoms in total. The molecule has 0 aliphatic rings. The van der Waals surface area contributed by atoms with E-state index in [4.69, 9.17) is 4.74 Å². The molecule has 0 aromatic heterocycles. The smallest absolute Gasteiger partial charge is 0.316 e. The molecule has 0 saturated heterocycles. The van der Waals surface area contributed by atoms with Gasteiger partial charge in [0.05, 0.1) is 12.4 Å². The number of hydrogen-bond acceptors (Lipinski definition) is 3. The highest BCUT2D eigenvalue weighted by Gasteiger charge is 2.07. The summed E-state index contributed by atoms with van der Waals surface area (Å²) in [5.74, 6) is 3.39. The number of benzene rings is 1. The summed E-state index contributed by atoms with van der Waals surface area (Å²) < 4.78 is 4.89. The number of carbonyl (C=O) groups excluding carboxylic acids is 1. The van der Waals surface area contributed by atoms with E-state index in [-0.39, 0.29) is 5.97 Å². The highest BCUT2D eigenvalue weighted by molar-refractivity contribution is 8.00. The third kappa shape index (κ3) is 7.09. The van der Waals surface area contributed by atoms with Gasteiger partial charge in [0.1, 0.15) is 8.07 Å². The maximum absolute atomic E-state index is 11.2. The van der Waals surface area contributed by atoms with Crippen molar-refractivity contribution in [2.24, 2.45) is 0 Å². The number of rotatable bonds is 4. The largest absolute Gasteiger partial charge is 0.465 e. The molecule has 0 saturated carbocycles. The summed E-state index contributed by atoms with van der Waals surface area (Å²) in [6.45, 7) is 8.93. The lowest BCUT2D eigenvalue weighted by molar-refractivity contribution is -0.139. The van der Waals surface area contributed by atoms with Crippen LogP contribution < -0.4 is 0 Å². The molecule has 0 amide bonds. The van der Waals surface area contributed by atoms with Crippen LogP contribution in [0, 0.1) is 11.5 Å². The summed E-state index contributed by atoms with van der Waals surface area (Å²) in [7, 11) is -1.32. The molecule has 0 N–H and O–H groups in total. The number of thioether (sulfide) groups is 1. The molecule has 0 aliphatic heterocycles. The molecule has 0 radical (unpaired) electrons. The van der Waals surface area contributed by atoms with Crippen LogP contribution in [0.15, 0.2) is 29.2 Å². The third-order valence-corrected chi connectivity index (χ3v) is 3.96. The van der Waals surface area contributed by atoms with Gasteiger partial charge in [0.25, 0.3) is 0 Å². The second-order valence-corrected chi connectivity index (χ2v) is 10.9. The van der Waals surface area contributed by atoms with Crippen LogP contribution in [-0.4, -0.2) is 26.4 Å². The van der Waals surface area contributed by atoms with Crippen LogP contribution in [0.1, 0.15) is 12.5 Å². The molecule has 19 heavy (non-hydrogen) atoms. The summed E-state index contributed by atoms with van der Waals surface area (Å²) in [5.41, 5.74) is 4.36. The van der Waals surface area contributed by atoms with Gasteiger partial charge in [0, 0.05) is 10.5 Å². The maximum Gasteiger partial charge on any atom is 0.316 e. The predicted octanol–water partition coefficient (Wildman–Crippen LogP) is 3.57. The van der Waals surface area contributed by atoms with Crippen molar-refractivity contribution in [3.63, 3.8) is 0 Å². The molecular formula is C15H20O2SSi. The van der Waals surface area contributed by atoms with Gasteiger partial charge in [-0.1, -0.05) is 25.6 Å². The summed E-state index contributed by atoms with van der Waals surface area (Å²) >= 11 is 1.49. The first-order chi connectivity index (χ1) is 8.90. The van der Waals surface area contributed by atoms with Crippen molar-refractivity contribution in [2.45, 2.75) is 31.5 Å². The van der Waals surface area contributed by atoms with Crippen LogP contribution in [0.4, 0.5) is 0 Å². The molecule has 102 valence electrons. The van der Waals surface area contributed by atoms with Crippen molar-refractivity contribution in [3.8, 4) is 11.5 Å². The van der Waals surface area contributed by atoms with E-state index < -0.39 is 8.07 Å². The zero-order valence-electron chi connectivity index (χ0n) is 11.9. The van der Waals surface area contributed by atoms with Gasteiger partial charge in [-0.25, -0.2) is 0 Å². The third-order valence-electron chi connectivity index (χ3n) is 2.10. The van der Waals surface area contributed by atoms with Gasteiger partial charge in [0.15, 0.2) is 0 Å². The fraction of sp³-hybridized carbons (Fsp3) is 0.400. The number of hydrogen-bond donors (Lipinski definition) is 0. The maximum atomic E-state index is 11.2. The standard InChI is InChI=1S/C15H20O2SSi/c1-5-17-15(16)12-18-14-8-6-13(7-9-14)10-11-19(2,3)4/h6-9H,5,12H2,1-4H3. The molecule has 0 unspecified atom stereocenters. The molecule has 4 heteroatoms. The fourth-order valence-corrected chi connectivity index (χ4v) is 2.45. The average Bonchev–Trinajstić information content (AvgIpc) is 2.34. The van der Waals surface area contributed by atoms with Gasteiger partial charge in [-0.2, -0.15) is 0 Å². The topological polar surface area (TPSA) is 26.3 Å². The molecule has 0 spiro atoms. The zero-order chi connectivity index (χ0) is 14.3. The predicted molar refractivity (Wildman–Crippen MR) is 84.0 cm³/mol. The van der Waals surface area contributed by atoms with Crippen molar-refractivity contribution in [1.29, 1.82) is 0 Å². The van der Waals surface area contributed by atoms with Crippen LogP contribution >= 0.6 is 11.8 Å². The van der Waals surface area contributed by atoms with Crippen LogP contribution in [0.3, 0.4) is 0 Å². The second kappa shape index (κ2) is 7.42. The van der Waals surface area contributed by atoms with E-state index in [2.05, 4.69) is 31.1 Å². The molecule has 0 bridgehead atoms. The molecule has 0 heterocycles. The minimum absolute atomic E-state index is 0.171. The lowest BCUT2D eigenvalue weighted by atomic mass is 10.2. The van der Waals surface area contributed by atoms with E-state index in [0.29, 0.717) is 12.4 Å². The first-order valence-corrected chi connectivity index (χ1v) is 10.8. The highest BCUT2D eigenvalue weighted by atomic mass is 32.2. The summed E-state index contributed by atoms with van der Waals surface area (Å²) in [4.78, 5) is 12.3. The second-order valence-electron chi connectivity index (χ2n) is 5.12. The summed E-state index contributed by atoms with van der Waals surface area (Å²) in [5, 5.41) is 0. The van der Waals surface area contributed by atoms with Gasteiger partial charge < -0.3 is 4.74 Å². The van der Waals surface area contributed by atoms with Gasteiger partial charge >= 0.3 is 5.97 Å². The first-order valence-electron chi connectivity index (χ1n) is 6.32. The number of ether oxygens (including phenoxy) is 1. The Morgan fingerprint density at radius 2 is 1.89 bits per heavy atom. The molecule has 1 aromatic carbocycles. The molecule has 0 atom stereocenters. The van der Waals surface area contributed by atoms with Gasteiger partial charge in [-0.3, -0.25) is 4.79 Å². The highest BCUT2D eigenvalue weighted by Crippen LogP contribution is 2.18. The number of carbonyl (C=O) groups is 1. The molecule has 1 rings (SSSR count). The van der Waals surface area contributed by atoms with Crippen LogP contribution in [0.2, 0.25) is 19.6 Å². The lowest BCUT2D eigenvalue weighted by Crippen LogP contribution is -2.16. The van der Waals surface area contributed by atoms with E-state index in [1.54, 1.807) is 0 Å². The minimum Gasteiger partial charge on any atom is -0.465 e. The lowest BCUT2D eigenvalue weighted by Gasteiger charge is -2.04. The fourth-order valence-electron chi connectivity index (χ4n) is 1.24. The summed E-state index contributed by atoms with van der Waals surface area (Å²) in [6, 6.07) is 8.00. The molecule has 0 aliphatic carbocycles. The van der Waals surface area contributed by atoms with Gasteiger partial charge in [0.2, 0.25) is 0 Å². The Morgan fingerprint density at radius 3 is 2.42 bits per heavy atom. The molecule has 0 fully saturated rings. The van der Waals surface area contributed by atoms with Crippen LogP contribution in [0.5, 0.6) is 0 Å². The van der Waals surface area contributed by atoms with Crippen LogP contribution in [0.25, 0.3) is 0 Å². The first kappa shape index (κ1) is 15.9. The van der Waals surface area contributed by atoms with Crippen molar-refractivity contribution >= 4 is 25.8 Å². The minimum atomic E-state index is -1.32. The van der Waals surface area contributed by atoms with Gasteiger partial charge in [-0.15, -0.1) is 17.3 Å².